The van der Waals surface area contributed by atoms with E-state index < -0.39 is 10.0 Å². The molecule has 0 aromatic heterocycles. The SMILES string of the molecule is O=C(C1CCN(S(=O)(=O)/C=C/c2ccccc2)CC1)N1CCCC1c1ccc(F)cc1. The van der Waals surface area contributed by atoms with Crippen LogP contribution in [0.25, 0.3) is 6.08 Å². The molecule has 5 nitrogen and oxygen atoms in total. The molecule has 0 saturated carbocycles. The normalized spacial score (nSPS) is 21.1. The third kappa shape index (κ3) is 5.05. The molecule has 0 aliphatic carbocycles. The van der Waals surface area contributed by atoms with E-state index in [1.54, 1.807) is 18.2 Å². The summed E-state index contributed by atoms with van der Waals surface area (Å²) in [5, 5.41) is 1.25. The van der Waals surface area contributed by atoms with Crippen LogP contribution in [0.4, 0.5) is 4.39 Å². The maximum Gasteiger partial charge on any atom is 0.236 e. The smallest absolute Gasteiger partial charge is 0.236 e. The minimum absolute atomic E-state index is 0.0244. The Morgan fingerprint density at radius 2 is 1.61 bits per heavy atom. The number of hydrogen-bond donors (Lipinski definition) is 0. The summed E-state index contributed by atoms with van der Waals surface area (Å²) in [5.41, 5.74) is 1.79. The van der Waals surface area contributed by atoms with Gasteiger partial charge in [-0.15, -0.1) is 0 Å². The molecule has 2 fully saturated rings. The molecule has 7 heteroatoms. The van der Waals surface area contributed by atoms with Crippen molar-refractivity contribution >= 4 is 22.0 Å². The minimum atomic E-state index is -3.52. The molecule has 164 valence electrons. The van der Waals surface area contributed by atoms with Gasteiger partial charge >= 0.3 is 0 Å². The second kappa shape index (κ2) is 9.32. The molecular formula is C24H27FN2O3S. The Morgan fingerprint density at radius 1 is 0.935 bits per heavy atom. The molecule has 0 radical (unpaired) electrons. The molecule has 0 bridgehead atoms. The third-order valence-corrected chi connectivity index (χ3v) is 7.75. The maximum atomic E-state index is 13.3. The molecule has 2 aliphatic heterocycles. The second-order valence-corrected chi connectivity index (χ2v) is 9.99. The summed E-state index contributed by atoms with van der Waals surface area (Å²) >= 11 is 0. The standard InChI is InChI=1S/C24H27FN2O3S/c25-22-10-8-20(9-11-22)23-7-4-15-27(23)24(28)21-12-16-26(17-13-21)31(29,30)18-14-19-5-2-1-3-6-19/h1-3,5-6,8-11,14,18,21,23H,4,7,12-13,15-17H2/b18-14+. The van der Waals surface area contributed by atoms with Crippen LogP contribution in [0.3, 0.4) is 0 Å². The Morgan fingerprint density at radius 3 is 2.29 bits per heavy atom. The maximum absolute atomic E-state index is 13.3. The van der Waals surface area contributed by atoms with Crippen molar-refractivity contribution in [2.45, 2.75) is 31.7 Å². The molecule has 1 unspecified atom stereocenters. The number of carbonyl (C=O) groups is 1. The fourth-order valence-electron chi connectivity index (χ4n) is 4.47. The molecule has 2 saturated heterocycles. The molecule has 2 aromatic carbocycles. The summed E-state index contributed by atoms with van der Waals surface area (Å²) in [6.07, 6.45) is 4.43. The molecule has 1 atom stereocenters. The van der Waals surface area contributed by atoms with Gasteiger partial charge in [-0.2, -0.15) is 4.31 Å². The van der Waals surface area contributed by atoms with Crippen LogP contribution < -0.4 is 0 Å². The van der Waals surface area contributed by atoms with Crippen LogP contribution in [-0.2, 0) is 14.8 Å². The molecular weight excluding hydrogens is 415 g/mol. The van der Waals surface area contributed by atoms with E-state index in [2.05, 4.69) is 0 Å². The summed E-state index contributed by atoms with van der Waals surface area (Å²) in [5.74, 6) is -0.371. The number of likely N-dealkylation sites (tertiary alicyclic amines) is 1. The zero-order chi connectivity index (χ0) is 21.8. The zero-order valence-corrected chi connectivity index (χ0v) is 18.2. The average Bonchev–Trinajstić information content (AvgIpc) is 3.28. The highest BCUT2D eigenvalue weighted by atomic mass is 32.2. The molecule has 0 spiro atoms. The van der Waals surface area contributed by atoms with Crippen LogP contribution in [0.5, 0.6) is 0 Å². The summed E-state index contributed by atoms with van der Waals surface area (Å²) in [7, 11) is -3.52. The predicted molar refractivity (Wildman–Crippen MR) is 119 cm³/mol. The number of rotatable bonds is 5. The Balaban J connectivity index is 1.37. The van der Waals surface area contributed by atoms with Gasteiger partial charge in [0.2, 0.25) is 15.9 Å². The predicted octanol–water partition coefficient (Wildman–Crippen LogP) is 4.20. The van der Waals surface area contributed by atoms with E-state index in [0.29, 0.717) is 32.5 Å². The van der Waals surface area contributed by atoms with Crippen molar-refractivity contribution in [3.8, 4) is 0 Å². The first-order valence-electron chi connectivity index (χ1n) is 10.7. The first-order chi connectivity index (χ1) is 14.9. The highest BCUT2D eigenvalue weighted by molar-refractivity contribution is 7.92. The molecule has 31 heavy (non-hydrogen) atoms. The molecule has 0 N–H and O–H groups in total. The van der Waals surface area contributed by atoms with Crippen molar-refractivity contribution in [1.82, 2.24) is 9.21 Å². The molecule has 1 amide bonds. The van der Waals surface area contributed by atoms with E-state index in [1.807, 2.05) is 35.2 Å². The molecule has 2 aromatic rings. The van der Waals surface area contributed by atoms with E-state index in [4.69, 9.17) is 0 Å². The van der Waals surface area contributed by atoms with Gasteiger partial charge in [0.25, 0.3) is 0 Å². The van der Waals surface area contributed by atoms with Gasteiger partial charge in [0.05, 0.1) is 6.04 Å². The summed E-state index contributed by atoms with van der Waals surface area (Å²) in [6, 6.07) is 15.7. The minimum Gasteiger partial charge on any atom is -0.335 e. The van der Waals surface area contributed by atoms with Crippen LogP contribution in [-0.4, -0.2) is 43.2 Å². The van der Waals surface area contributed by atoms with Crippen LogP contribution in [0.1, 0.15) is 42.9 Å². The topological polar surface area (TPSA) is 57.7 Å². The lowest BCUT2D eigenvalue weighted by atomic mass is 9.95. The third-order valence-electron chi connectivity index (χ3n) is 6.19. The second-order valence-electron chi connectivity index (χ2n) is 8.17. The zero-order valence-electron chi connectivity index (χ0n) is 17.4. The van der Waals surface area contributed by atoms with Gasteiger partial charge in [0, 0.05) is 31.0 Å². The Bertz CT molecular complexity index is 1030. The summed E-state index contributed by atoms with van der Waals surface area (Å²) in [4.78, 5) is 15.1. The summed E-state index contributed by atoms with van der Waals surface area (Å²) < 4.78 is 40.1. The summed E-state index contributed by atoms with van der Waals surface area (Å²) in [6.45, 7) is 1.37. The number of amides is 1. The van der Waals surface area contributed by atoms with Crippen LogP contribution >= 0.6 is 0 Å². The number of halogens is 1. The van der Waals surface area contributed by atoms with Crippen LogP contribution in [0.2, 0.25) is 0 Å². The van der Waals surface area contributed by atoms with Gasteiger partial charge in [0.15, 0.2) is 0 Å². The van der Waals surface area contributed by atoms with Crippen molar-refractivity contribution in [2.75, 3.05) is 19.6 Å². The molecule has 2 aliphatic rings. The van der Waals surface area contributed by atoms with Gasteiger partial charge in [-0.3, -0.25) is 4.79 Å². The number of nitrogens with zero attached hydrogens (tertiary/aromatic N) is 2. The van der Waals surface area contributed by atoms with E-state index in [1.165, 1.54) is 21.8 Å². The van der Waals surface area contributed by atoms with Crippen molar-refractivity contribution in [2.24, 2.45) is 5.92 Å². The molecule has 4 rings (SSSR count). The quantitative estimate of drug-likeness (QED) is 0.697. The lowest BCUT2D eigenvalue weighted by Crippen LogP contribution is -2.43. The van der Waals surface area contributed by atoms with Crippen molar-refractivity contribution in [1.29, 1.82) is 0 Å². The number of hydrogen-bond acceptors (Lipinski definition) is 3. The van der Waals surface area contributed by atoms with E-state index in [0.717, 1.165) is 24.0 Å². The van der Waals surface area contributed by atoms with E-state index in [-0.39, 0.29) is 23.7 Å². The number of sulfonamides is 1. The first kappa shape index (κ1) is 21.7. The van der Waals surface area contributed by atoms with Crippen LogP contribution in [0.15, 0.2) is 60.0 Å². The monoisotopic (exact) mass is 442 g/mol. The number of carbonyl (C=O) groups excluding carboxylic acids is 1. The first-order valence-corrected chi connectivity index (χ1v) is 12.2. The van der Waals surface area contributed by atoms with Crippen LogP contribution in [0, 0.1) is 11.7 Å². The van der Waals surface area contributed by atoms with Gasteiger partial charge in [-0.1, -0.05) is 42.5 Å². The fourth-order valence-corrected chi connectivity index (χ4v) is 5.69. The van der Waals surface area contributed by atoms with Gasteiger partial charge in [-0.25, -0.2) is 12.8 Å². The van der Waals surface area contributed by atoms with Crippen molar-refractivity contribution < 1.29 is 17.6 Å². The Labute approximate surface area is 183 Å². The largest absolute Gasteiger partial charge is 0.335 e. The molecule has 2 heterocycles. The lowest BCUT2D eigenvalue weighted by Gasteiger charge is -2.34. The van der Waals surface area contributed by atoms with Gasteiger partial charge in [0.1, 0.15) is 5.82 Å². The van der Waals surface area contributed by atoms with Gasteiger partial charge in [-0.05, 0) is 55.0 Å². The average molecular weight is 443 g/mol. The number of piperidine rings is 1. The van der Waals surface area contributed by atoms with Crippen molar-refractivity contribution in [3.63, 3.8) is 0 Å². The lowest BCUT2D eigenvalue weighted by molar-refractivity contribution is -0.137. The van der Waals surface area contributed by atoms with Gasteiger partial charge < -0.3 is 4.90 Å². The fraction of sp³-hybridized carbons (Fsp3) is 0.375. The number of benzene rings is 2. The van der Waals surface area contributed by atoms with E-state index in [9.17, 15) is 17.6 Å². The van der Waals surface area contributed by atoms with Crippen molar-refractivity contribution in [3.05, 3.63) is 76.9 Å². The highest BCUT2D eigenvalue weighted by Gasteiger charge is 2.36. The highest BCUT2D eigenvalue weighted by Crippen LogP contribution is 2.35. The Kier molecular flexibility index (Phi) is 6.53. The Hall–Kier alpha value is -2.51. The van der Waals surface area contributed by atoms with E-state index >= 15 is 0 Å².